The molecule has 0 bridgehead atoms. The highest BCUT2D eigenvalue weighted by Gasteiger charge is 2.34. The maximum Gasteiger partial charge on any atom is 0.229 e. The van der Waals surface area contributed by atoms with Gasteiger partial charge in [-0.2, -0.15) is 0 Å². The van der Waals surface area contributed by atoms with Gasteiger partial charge < -0.3 is 15.0 Å². The van der Waals surface area contributed by atoms with Gasteiger partial charge in [-0.25, -0.2) is 0 Å². The predicted octanol–water partition coefficient (Wildman–Crippen LogP) is 3.44. The summed E-state index contributed by atoms with van der Waals surface area (Å²) in [5, 5.41) is 2.88. The molecule has 25 heavy (non-hydrogen) atoms. The van der Waals surface area contributed by atoms with E-state index in [0.717, 1.165) is 21.5 Å². The molecular formula is C19H19BrN2O3. The molecule has 2 amide bonds. The zero-order valence-corrected chi connectivity index (χ0v) is 15.5. The van der Waals surface area contributed by atoms with E-state index in [1.54, 1.807) is 12.0 Å². The second kappa shape index (κ2) is 7.70. The molecule has 1 aliphatic rings. The number of hydrogen-bond acceptors (Lipinski definition) is 3. The van der Waals surface area contributed by atoms with Crippen molar-refractivity contribution in [3.8, 4) is 5.75 Å². The lowest BCUT2D eigenvalue weighted by Crippen LogP contribution is -2.28. The molecule has 1 N–H and O–H groups in total. The molecule has 3 rings (SSSR count). The summed E-state index contributed by atoms with van der Waals surface area (Å²) in [6.07, 6.45) is 0.249. The topological polar surface area (TPSA) is 58.6 Å². The van der Waals surface area contributed by atoms with Crippen LogP contribution in [0.4, 0.5) is 5.69 Å². The third-order valence-electron chi connectivity index (χ3n) is 4.23. The molecule has 2 aromatic rings. The largest absolute Gasteiger partial charge is 0.497 e. The van der Waals surface area contributed by atoms with E-state index < -0.39 is 0 Å². The van der Waals surface area contributed by atoms with E-state index in [1.165, 1.54) is 0 Å². The minimum Gasteiger partial charge on any atom is -0.497 e. The van der Waals surface area contributed by atoms with E-state index in [-0.39, 0.29) is 24.2 Å². The number of ether oxygens (including phenoxy) is 1. The van der Waals surface area contributed by atoms with Crippen LogP contribution >= 0.6 is 15.9 Å². The second-order valence-corrected chi connectivity index (χ2v) is 6.94. The van der Waals surface area contributed by atoms with Crippen molar-refractivity contribution >= 4 is 33.4 Å². The van der Waals surface area contributed by atoms with Crippen LogP contribution in [0, 0.1) is 5.92 Å². The number of methoxy groups -OCH3 is 1. The molecule has 1 aliphatic heterocycles. The zero-order valence-electron chi connectivity index (χ0n) is 13.9. The van der Waals surface area contributed by atoms with Gasteiger partial charge >= 0.3 is 0 Å². The second-order valence-electron chi connectivity index (χ2n) is 6.02. The van der Waals surface area contributed by atoms with Crippen molar-refractivity contribution in [3.05, 3.63) is 58.6 Å². The summed E-state index contributed by atoms with van der Waals surface area (Å²) >= 11 is 3.36. The highest BCUT2D eigenvalue weighted by atomic mass is 79.9. The van der Waals surface area contributed by atoms with Crippen molar-refractivity contribution in [3.63, 3.8) is 0 Å². The molecule has 0 saturated carbocycles. The Morgan fingerprint density at radius 1 is 1.20 bits per heavy atom. The zero-order chi connectivity index (χ0) is 17.8. The minimum absolute atomic E-state index is 0.00627. The first-order valence-electron chi connectivity index (χ1n) is 8.02. The van der Waals surface area contributed by atoms with Gasteiger partial charge in [0.25, 0.3) is 0 Å². The van der Waals surface area contributed by atoms with Crippen LogP contribution in [0.25, 0.3) is 0 Å². The summed E-state index contributed by atoms with van der Waals surface area (Å²) < 4.78 is 6.09. The Hall–Kier alpha value is -2.34. The number of nitrogens with one attached hydrogen (secondary N) is 1. The van der Waals surface area contributed by atoms with Crippen LogP contribution in [-0.4, -0.2) is 30.4 Å². The van der Waals surface area contributed by atoms with Crippen LogP contribution in [0.1, 0.15) is 12.0 Å². The van der Waals surface area contributed by atoms with Gasteiger partial charge in [-0.3, -0.25) is 9.59 Å². The highest BCUT2D eigenvalue weighted by molar-refractivity contribution is 9.10. The maximum atomic E-state index is 12.4. The Kier molecular flexibility index (Phi) is 5.38. The summed E-state index contributed by atoms with van der Waals surface area (Å²) in [5.74, 6) is 0.345. The number of amides is 2. The first-order chi connectivity index (χ1) is 12.0. The Labute approximate surface area is 155 Å². The standard InChI is InChI=1S/C19H19BrN2O3/c1-25-17-8-2-13(3-9-17)11-22-12-14(10-18(22)23)19(24)21-16-6-4-15(20)5-7-16/h2-9,14H,10-12H2,1H3,(H,21,24)/t14-/m0/s1. The Bertz CT molecular complexity index is 759. The number of nitrogens with zero attached hydrogens (tertiary/aromatic N) is 1. The number of benzene rings is 2. The quantitative estimate of drug-likeness (QED) is 0.832. The number of carbonyl (C=O) groups is 2. The normalized spacial score (nSPS) is 16.8. The number of carbonyl (C=O) groups excluding carboxylic acids is 2. The lowest BCUT2D eigenvalue weighted by atomic mass is 10.1. The van der Waals surface area contributed by atoms with Crippen LogP contribution in [0.5, 0.6) is 5.75 Å². The molecule has 6 heteroatoms. The molecule has 1 atom stereocenters. The fourth-order valence-corrected chi connectivity index (χ4v) is 3.09. The third-order valence-corrected chi connectivity index (χ3v) is 4.76. The average molecular weight is 403 g/mol. The smallest absolute Gasteiger partial charge is 0.229 e. The van der Waals surface area contributed by atoms with Crippen molar-refractivity contribution in [2.75, 3.05) is 19.0 Å². The molecule has 0 radical (unpaired) electrons. The molecule has 130 valence electrons. The first kappa shape index (κ1) is 17.5. The summed E-state index contributed by atoms with van der Waals surface area (Å²) in [6, 6.07) is 15.0. The fraction of sp³-hybridized carbons (Fsp3) is 0.263. The maximum absolute atomic E-state index is 12.4. The minimum atomic E-state index is -0.325. The van der Waals surface area contributed by atoms with Gasteiger partial charge in [0.15, 0.2) is 0 Å². The monoisotopic (exact) mass is 402 g/mol. The van der Waals surface area contributed by atoms with Gasteiger partial charge in [-0.15, -0.1) is 0 Å². The Balaban J connectivity index is 1.59. The van der Waals surface area contributed by atoms with Crippen molar-refractivity contribution in [2.45, 2.75) is 13.0 Å². The Morgan fingerprint density at radius 3 is 2.52 bits per heavy atom. The fourth-order valence-electron chi connectivity index (χ4n) is 2.83. The van der Waals surface area contributed by atoms with Crippen LogP contribution in [0.2, 0.25) is 0 Å². The number of rotatable bonds is 5. The molecule has 0 unspecified atom stereocenters. The molecule has 2 aromatic carbocycles. The molecule has 0 aromatic heterocycles. The van der Waals surface area contributed by atoms with Crippen LogP contribution in [-0.2, 0) is 16.1 Å². The molecule has 1 saturated heterocycles. The van der Waals surface area contributed by atoms with Gasteiger partial charge in [-0.05, 0) is 42.0 Å². The van der Waals surface area contributed by atoms with Crippen molar-refractivity contribution in [1.29, 1.82) is 0 Å². The van der Waals surface area contributed by atoms with Crippen LogP contribution in [0.3, 0.4) is 0 Å². The number of hydrogen-bond donors (Lipinski definition) is 1. The van der Waals surface area contributed by atoms with Crippen molar-refractivity contribution in [1.82, 2.24) is 4.90 Å². The number of anilines is 1. The van der Waals surface area contributed by atoms with Crippen molar-refractivity contribution in [2.24, 2.45) is 5.92 Å². The highest BCUT2D eigenvalue weighted by Crippen LogP contribution is 2.23. The number of halogens is 1. The van der Waals surface area contributed by atoms with Crippen molar-refractivity contribution < 1.29 is 14.3 Å². The third kappa shape index (κ3) is 4.39. The van der Waals surface area contributed by atoms with Gasteiger partial charge in [0.1, 0.15) is 5.75 Å². The molecule has 5 nitrogen and oxygen atoms in total. The van der Waals surface area contributed by atoms with Gasteiger partial charge in [-0.1, -0.05) is 28.1 Å². The molecule has 1 heterocycles. The van der Waals surface area contributed by atoms with Gasteiger partial charge in [0.05, 0.1) is 13.0 Å². The van der Waals surface area contributed by atoms with Gasteiger partial charge in [0.2, 0.25) is 11.8 Å². The Morgan fingerprint density at radius 2 is 1.88 bits per heavy atom. The molecule has 0 aliphatic carbocycles. The molecule has 1 fully saturated rings. The van der Waals surface area contributed by atoms with E-state index in [1.807, 2.05) is 48.5 Å². The first-order valence-corrected chi connectivity index (χ1v) is 8.81. The van der Waals surface area contributed by atoms with E-state index in [0.29, 0.717) is 13.1 Å². The van der Waals surface area contributed by atoms with E-state index >= 15 is 0 Å². The average Bonchev–Trinajstić information content (AvgIpc) is 2.98. The van der Waals surface area contributed by atoms with E-state index in [9.17, 15) is 9.59 Å². The summed E-state index contributed by atoms with van der Waals surface area (Å²) in [4.78, 5) is 26.4. The van der Waals surface area contributed by atoms with E-state index in [4.69, 9.17) is 4.74 Å². The lowest BCUT2D eigenvalue weighted by Gasteiger charge is -2.17. The lowest BCUT2D eigenvalue weighted by molar-refractivity contribution is -0.128. The summed E-state index contributed by atoms with van der Waals surface area (Å²) in [6.45, 7) is 0.943. The summed E-state index contributed by atoms with van der Waals surface area (Å²) in [7, 11) is 1.62. The molecule has 0 spiro atoms. The number of likely N-dealkylation sites (tertiary alicyclic amines) is 1. The van der Waals surface area contributed by atoms with Gasteiger partial charge in [0, 0.05) is 29.7 Å². The van der Waals surface area contributed by atoms with Crippen LogP contribution < -0.4 is 10.1 Å². The summed E-state index contributed by atoms with van der Waals surface area (Å²) in [5.41, 5.74) is 1.75. The molecular weight excluding hydrogens is 384 g/mol. The SMILES string of the molecule is COc1ccc(CN2C[C@@H](C(=O)Nc3ccc(Br)cc3)CC2=O)cc1. The van der Waals surface area contributed by atoms with E-state index in [2.05, 4.69) is 21.2 Å². The predicted molar refractivity (Wildman–Crippen MR) is 99.3 cm³/mol. The van der Waals surface area contributed by atoms with Crippen LogP contribution in [0.15, 0.2) is 53.0 Å².